The Morgan fingerprint density at radius 2 is 2.24 bits per heavy atom. The van der Waals surface area contributed by atoms with Crippen molar-refractivity contribution in [2.24, 2.45) is 0 Å². The van der Waals surface area contributed by atoms with Crippen LogP contribution in [0, 0.1) is 0 Å². The van der Waals surface area contributed by atoms with E-state index in [0.717, 1.165) is 32.2 Å². The van der Waals surface area contributed by atoms with Gasteiger partial charge in [-0.25, -0.2) is 4.79 Å². The Kier molecular flexibility index (Phi) is 6.22. The van der Waals surface area contributed by atoms with Gasteiger partial charge in [-0.3, -0.25) is 4.90 Å². The van der Waals surface area contributed by atoms with Gasteiger partial charge in [-0.05, 0) is 26.3 Å². The molecule has 1 fully saturated rings. The van der Waals surface area contributed by atoms with Gasteiger partial charge in [-0.15, -0.1) is 0 Å². The SMILES string of the molecule is CCN(CCNC/C=C(/C)C(=O)OC)C1CC1. The van der Waals surface area contributed by atoms with Crippen molar-refractivity contribution < 1.29 is 9.53 Å². The molecule has 17 heavy (non-hydrogen) atoms. The number of nitrogens with zero attached hydrogens (tertiary/aromatic N) is 1. The second-order valence-electron chi connectivity index (χ2n) is 4.44. The maximum absolute atomic E-state index is 11.1. The van der Waals surface area contributed by atoms with E-state index in [4.69, 9.17) is 0 Å². The Bertz CT molecular complexity index is 273. The van der Waals surface area contributed by atoms with Gasteiger partial charge in [0, 0.05) is 31.2 Å². The summed E-state index contributed by atoms with van der Waals surface area (Å²) in [6.45, 7) is 7.89. The molecule has 0 amide bonds. The van der Waals surface area contributed by atoms with Crippen molar-refractivity contribution in [3.8, 4) is 0 Å². The molecule has 0 saturated heterocycles. The molecule has 98 valence electrons. The molecular formula is C13H24N2O2. The van der Waals surface area contributed by atoms with Gasteiger partial charge in [-0.1, -0.05) is 13.0 Å². The molecule has 0 heterocycles. The lowest BCUT2D eigenvalue weighted by atomic mass is 10.3. The van der Waals surface area contributed by atoms with Crippen LogP contribution in [0.2, 0.25) is 0 Å². The number of rotatable bonds is 8. The number of hydrogen-bond acceptors (Lipinski definition) is 4. The Labute approximate surface area is 104 Å². The van der Waals surface area contributed by atoms with Crippen LogP contribution in [-0.4, -0.2) is 50.2 Å². The lowest BCUT2D eigenvalue weighted by molar-refractivity contribution is -0.136. The molecule has 1 saturated carbocycles. The van der Waals surface area contributed by atoms with Crippen LogP contribution < -0.4 is 5.32 Å². The molecule has 1 rings (SSSR count). The highest BCUT2D eigenvalue weighted by Gasteiger charge is 2.26. The van der Waals surface area contributed by atoms with Crippen molar-refractivity contribution in [3.63, 3.8) is 0 Å². The van der Waals surface area contributed by atoms with Gasteiger partial charge in [0.1, 0.15) is 0 Å². The summed E-state index contributed by atoms with van der Waals surface area (Å²) >= 11 is 0. The van der Waals surface area contributed by atoms with Crippen LogP contribution in [0.15, 0.2) is 11.6 Å². The first-order valence-corrected chi connectivity index (χ1v) is 6.38. The molecule has 0 atom stereocenters. The van der Waals surface area contributed by atoms with Crippen LogP contribution >= 0.6 is 0 Å². The average Bonchev–Trinajstić information content (AvgIpc) is 3.16. The zero-order chi connectivity index (χ0) is 12.7. The molecule has 4 nitrogen and oxygen atoms in total. The molecule has 0 unspecified atom stereocenters. The highest BCUT2D eigenvalue weighted by Crippen LogP contribution is 2.25. The molecule has 0 spiro atoms. The molecule has 1 aliphatic rings. The van der Waals surface area contributed by atoms with E-state index in [1.54, 1.807) is 6.92 Å². The van der Waals surface area contributed by atoms with E-state index in [-0.39, 0.29) is 5.97 Å². The van der Waals surface area contributed by atoms with E-state index in [2.05, 4.69) is 21.9 Å². The fourth-order valence-corrected chi connectivity index (χ4v) is 1.83. The molecule has 0 aromatic rings. The fourth-order valence-electron chi connectivity index (χ4n) is 1.83. The Balaban J connectivity index is 2.09. The zero-order valence-electron chi connectivity index (χ0n) is 11.2. The Morgan fingerprint density at radius 1 is 1.53 bits per heavy atom. The lowest BCUT2D eigenvalue weighted by Crippen LogP contribution is -2.33. The summed E-state index contributed by atoms with van der Waals surface area (Å²) < 4.78 is 4.62. The van der Waals surface area contributed by atoms with Crippen molar-refractivity contribution in [2.75, 3.05) is 33.3 Å². The van der Waals surface area contributed by atoms with Gasteiger partial charge in [0.05, 0.1) is 7.11 Å². The van der Waals surface area contributed by atoms with E-state index in [9.17, 15) is 4.79 Å². The van der Waals surface area contributed by atoms with E-state index in [1.165, 1.54) is 20.0 Å². The third-order valence-electron chi connectivity index (χ3n) is 3.11. The number of hydrogen-bond donors (Lipinski definition) is 1. The van der Waals surface area contributed by atoms with Crippen LogP contribution in [0.25, 0.3) is 0 Å². The zero-order valence-corrected chi connectivity index (χ0v) is 11.2. The van der Waals surface area contributed by atoms with E-state index < -0.39 is 0 Å². The summed E-state index contributed by atoms with van der Waals surface area (Å²) in [5.41, 5.74) is 0.662. The molecule has 0 aromatic carbocycles. The van der Waals surface area contributed by atoms with Crippen LogP contribution in [0.4, 0.5) is 0 Å². The summed E-state index contributed by atoms with van der Waals surface area (Å²) in [7, 11) is 1.40. The third kappa shape index (κ3) is 5.33. The van der Waals surface area contributed by atoms with Crippen molar-refractivity contribution in [1.82, 2.24) is 10.2 Å². The summed E-state index contributed by atoms with van der Waals surface area (Å²) in [6.07, 6.45) is 4.59. The molecule has 4 heteroatoms. The van der Waals surface area contributed by atoms with Crippen molar-refractivity contribution >= 4 is 5.97 Å². The minimum atomic E-state index is -0.250. The lowest BCUT2D eigenvalue weighted by Gasteiger charge is -2.19. The fraction of sp³-hybridized carbons (Fsp3) is 0.769. The normalized spacial score (nSPS) is 16.4. The molecular weight excluding hydrogens is 216 g/mol. The molecule has 0 aromatic heterocycles. The quantitative estimate of drug-likeness (QED) is 0.393. The van der Waals surface area contributed by atoms with Gasteiger partial charge in [-0.2, -0.15) is 0 Å². The highest BCUT2D eigenvalue weighted by atomic mass is 16.5. The van der Waals surface area contributed by atoms with Gasteiger partial charge in [0.15, 0.2) is 0 Å². The van der Waals surface area contributed by atoms with E-state index >= 15 is 0 Å². The van der Waals surface area contributed by atoms with Gasteiger partial charge in [0.2, 0.25) is 0 Å². The number of methoxy groups -OCH3 is 1. The van der Waals surface area contributed by atoms with Crippen molar-refractivity contribution in [1.29, 1.82) is 0 Å². The van der Waals surface area contributed by atoms with Crippen LogP contribution in [0.3, 0.4) is 0 Å². The summed E-state index contributed by atoms with van der Waals surface area (Å²) in [5.74, 6) is -0.250. The van der Waals surface area contributed by atoms with Gasteiger partial charge in [0.25, 0.3) is 0 Å². The molecule has 0 radical (unpaired) electrons. The van der Waals surface area contributed by atoms with Gasteiger partial charge < -0.3 is 10.1 Å². The first-order valence-electron chi connectivity index (χ1n) is 6.38. The minimum Gasteiger partial charge on any atom is -0.466 e. The second-order valence-corrected chi connectivity index (χ2v) is 4.44. The summed E-state index contributed by atoms with van der Waals surface area (Å²) in [4.78, 5) is 13.6. The number of likely N-dealkylation sites (N-methyl/N-ethyl adjacent to an activating group) is 1. The predicted octanol–water partition coefficient (Wildman–Crippen LogP) is 1.18. The number of carbonyl (C=O) groups is 1. The van der Waals surface area contributed by atoms with Gasteiger partial charge >= 0.3 is 5.97 Å². The summed E-state index contributed by atoms with van der Waals surface area (Å²) in [6, 6.07) is 0.828. The maximum Gasteiger partial charge on any atom is 0.333 e. The van der Waals surface area contributed by atoms with Crippen LogP contribution in [0.5, 0.6) is 0 Å². The van der Waals surface area contributed by atoms with Crippen molar-refractivity contribution in [3.05, 3.63) is 11.6 Å². The second kappa shape index (κ2) is 7.45. The van der Waals surface area contributed by atoms with Crippen LogP contribution in [0.1, 0.15) is 26.7 Å². The van der Waals surface area contributed by atoms with E-state index in [0.29, 0.717) is 5.57 Å². The first-order chi connectivity index (χ1) is 8.19. The van der Waals surface area contributed by atoms with E-state index in [1.807, 2.05) is 6.08 Å². The topological polar surface area (TPSA) is 41.6 Å². The number of nitrogens with one attached hydrogen (secondary N) is 1. The van der Waals surface area contributed by atoms with Crippen molar-refractivity contribution in [2.45, 2.75) is 32.7 Å². The molecule has 0 bridgehead atoms. The number of carbonyl (C=O) groups excluding carboxylic acids is 1. The largest absolute Gasteiger partial charge is 0.466 e. The number of esters is 1. The maximum atomic E-state index is 11.1. The highest BCUT2D eigenvalue weighted by molar-refractivity contribution is 5.87. The molecule has 1 aliphatic carbocycles. The molecule has 1 N–H and O–H groups in total. The Morgan fingerprint density at radius 3 is 2.76 bits per heavy atom. The predicted molar refractivity (Wildman–Crippen MR) is 68.9 cm³/mol. The average molecular weight is 240 g/mol. The minimum absolute atomic E-state index is 0.250. The third-order valence-corrected chi connectivity index (χ3v) is 3.11. The Hall–Kier alpha value is -0.870. The smallest absolute Gasteiger partial charge is 0.333 e. The molecule has 0 aliphatic heterocycles. The number of ether oxygens (including phenoxy) is 1. The van der Waals surface area contributed by atoms with Crippen LogP contribution in [-0.2, 0) is 9.53 Å². The standard InChI is InChI=1S/C13H24N2O2/c1-4-15(12-5-6-12)10-9-14-8-7-11(2)13(16)17-3/h7,12,14H,4-6,8-10H2,1-3H3/b11-7-. The summed E-state index contributed by atoms with van der Waals surface area (Å²) in [5, 5.41) is 3.32. The monoisotopic (exact) mass is 240 g/mol. The first kappa shape index (κ1) is 14.2.